The van der Waals surface area contributed by atoms with Gasteiger partial charge in [0.05, 0.1) is 5.41 Å². The molecule has 100 valence electrons. The highest BCUT2D eigenvalue weighted by molar-refractivity contribution is 7.09. The molecular weight excluding hydrogens is 280 g/mol. The Morgan fingerprint density at radius 2 is 2.11 bits per heavy atom. The summed E-state index contributed by atoms with van der Waals surface area (Å²) in [5.74, 6) is -0.247. The lowest BCUT2D eigenvalue weighted by atomic mass is 9.85. The van der Waals surface area contributed by atoms with Crippen LogP contribution in [0.4, 0.5) is 0 Å². The molecule has 0 saturated carbocycles. The smallest absolute Gasteiger partial charge is 0.316 e. The summed E-state index contributed by atoms with van der Waals surface area (Å²) in [6, 6.07) is 11.2. The first kappa shape index (κ1) is 14.1. The van der Waals surface area contributed by atoms with E-state index >= 15 is 0 Å². The molecule has 4 heteroatoms. The summed E-state index contributed by atoms with van der Waals surface area (Å²) in [5.41, 5.74) is 0.151. The van der Waals surface area contributed by atoms with Crippen molar-refractivity contribution in [2.75, 3.05) is 0 Å². The summed E-state index contributed by atoms with van der Waals surface area (Å²) in [4.78, 5) is 13.2. The maximum absolute atomic E-state index is 12.2. The van der Waals surface area contributed by atoms with Crippen LogP contribution in [0.5, 0.6) is 0 Å². The van der Waals surface area contributed by atoms with Gasteiger partial charge in [-0.1, -0.05) is 29.8 Å². The lowest BCUT2D eigenvalue weighted by Gasteiger charge is -2.23. The Hall–Kier alpha value is -1.32. The molecule has 2 aromatic rings. The number of thiophene rings is 1. The van der Waals surface area contributed by atoms with Gasteiger partial charge in [-0.05, 0) is 43.0 Å². The van der Waals surface area contributed by atoms with Gasteiger partial charge in [-0.3, -0.25) is 4.79 Å². The van der Waals surface area contributed by atoms with Gasteiger partial charge < -0.3 is 4.74 Å². The Kier molecular flexibility index (Phi) is 4.27. The van der Waals surface area contributed by atoms with Crippen LogP contribution in [0.15, 0.2) is 41.8 Å². The molecule has 1 aromatic heterocycles. The van der Waals surface area contributed by atoms with Crippen molar-refractivity contribution in [3.63, 3.8) is 0 Å². The molecule has 0 atom stereocenters. The molecule has 0 fully saturated rings. The lowest BCUT2D eigenvalue weighted by molar-refractivity contribution is -0.150. The van der Waals surface area contributed by atoms with Crippen LogP contribution in [0, 0.1) is 0 Å². The fraction of sp³-hybridized carbons (Fsp3) is 0.267. The Balaban J connectivity index is 2.08. The van der Waals surface area contributed by atoms with E-state index in [0.29, 0.717) is 11.6 Å². The Morgan fingerprint density at radius 1 is 1.32 bits per heavy atom. The van der Waals surface area contributed by atoms with Gasteiger partial charge in [-0.15, -0.1) is 11.3 Å². The van der Waals surface area contributed by atoms with E-state index in [1.807, 2.05) is 43.5 Å². The van der Waals surface area contributed by atoms with Crippen molar-refractivity contribution in [3.8, 4) is 0 Å². The molecule has 1 heterocycles. The van der Waals surface area contributed by atoms with Gasteiger partial charge in [0, 0.05) is 9.90 Å². The van der Waals surface area contributed by atoms with Crippen LogP contribution in [0.25, 0.3) is 0 Å². The topological polar surface area (TPSA) is 26.3 Å². The number of benzene rings is 1. The number of halogens is 1. The average molecular weight is 295 g/mol. The molecule has 0 aliphatic rings. The van der Waals surface area contributed by atoms with Crippen molar-refractivity contribution in [1.82, 2.24) is 0 Å². The summed E-state index contributed by atoms with van der Waals surface area (Å²) in [5, 5.41) is 2.59. The van der Waals surface area contributed by atoms with Crippen molar-refractivity contribution in [2.45, 2.75) is 25.9 Å². The third-order valence-electron chi connectivity index (χ3n) is 2.98. The molecule has 2 nitrogen and oxygen atoms in total. The van der Waals surface area contributed by atoms with E-state index in [1.54, 1.807) is 23.5 Å². The zero-order chi connectivity index (χ0) is 13.9. The first-order valence-corrected chi connectivity index (χ1v) is 7.21. The summed E-state index contributed by atoms with van der Waals surface area (Å²) in [7, 11) is 0. The van der Waals surface area contributed by atoms with Gasteiger partial charge in [0.2, 0.25) is 0 Å². The highest BCUT2D eigenvalue weighted by Gasteiger charge is 2.31. The zero-order valence-corrected chi connectivity index (χ0v) is 12.4. The molecule has 0 bridgehead atoms. The van der Waals surface area contributed by atoms with Crippen molar-refractivity contribution in [2.24, 2.45) is 0 Å². The summed E-state index contributed by atoms with van der Waals surface area (Å²) >= 11 is 7.54. The Bertz CT molecular complexity index is 561. The maximum atomic E-state index is 12.2. The third-order valence-corrected chi connectivity index (χ3v) is 4.07. The quantitative estimate of drug-likeness (QED) is 0.780. The van der Waals surface area contributed by atoms with Crippen molar-refractivity contribution < 1.29 is 9.53 Å². The first-order chi connectivity index (χ1) is 9.00. The molecule has 0 spiro atoms. The van der Waals surface area contributed by atoms with Crippen molar-refractivity contribution in [3.05, 3.63) is 57.2 Å². The highest BCUT2D eigenvalue weighted by Crippen LogP contribution is 2.27. The van der Waals surface area contributed by atoms with E-state index in [0.717, 1.165) is 10.4 Å². The van der Waals surface area contributed by atoms with Crippen LogP contribution in [-0.4, -0.2) is 5.97 Å². The van der Waals surface area contributed by atoms with E-state index in [2.05, 4.69) is 0 Å². The van der Waals surface area contributed by atoms with Gasteiger partial charge in [0.1, 0.15) is 6.61 Å². The normalized spacial score (nSPS) is 11.3. The molecule has 0 aliphatic carbocycles. The predicted octanol–water partition coefficient (Wildman–Crippen LogP) is 4.42. The molecule has 1 aromatic carbocycles. The standard InChI is InChI=1S/C15H15ClO2S/c1-15(2,11-5-3-6-12(16)9-11)14(17)18-10-13-7-4-8-19-13/h3-9H,10H2,1-2H3. The first-order valence-electron chi connectivity index (χ1n) is 5.96. The molecular formula is C15H15ClO2S. The second-order valence-electron chi connectivity index (χ2n) is 4.79. The second kappa shape index (κ2) is 5.76. The zero-order valence-electron chi connectivity index (χ0n) is 10.9. The van der Waals surface area contributed by atoms with Crippen molar-refractivity contribution in [1.29, 1.82) is 0 Å². The number of carbonyl (C=O) groups is 1. The fourth-order valence-electron chi connectivity index (χ4n) is 1.71. The van der Waals surface area contributed by atoms with Gasteiger partial charge in [-0.2, -0.15) is 0 Å². The van der Waals surface area contributed by atoms with Crippen LogP contribution >= 0.6 is 22.9 Å². The number of ether oxygens (including phenoxy) is 1. The number of hydrogen-bond acceptors (Lipinski definition) is 3. The molecule has 0 amide bonds. The Labute approximate surface area is 122 Å². The number of esters is 1. The predicted molar refractivity (Wildman–Crippen MR) is 78.6 cm³/mol. The second-order valence-corrected chi connectivity index (χ2v) is 6.26. The van der Waals surface area contributed by atoms with E-state index < -0.39 is 5.41 Å². The molecule has 2 rings (SSSR count). The lowest BCUT2D eigenvalue weighted by Crippen LogP contribution is -2.30. The molecule has 19 heavy (non-hydrogen) atoms. The van der Waals surface area contributed by atoms with Crippen LogP contribution in [0.1, 0.15) is 24.3 Å². The minimum absolute atomic E-state index is 0.247. The van der Waals surface area contributed by atoms with Gasteiger partial charge in [-0.25, -0.2) is 0 Å². The maximum Gasteiger partial charge on any atom is 0.316 e. The minimum atomic E-state index is -0.706. The number of hydrogen-bond donors (Lipinski definition) is 0. The van der Waals surface area contributed by atoms with E-state index in [9.17, 15) is 4.79 Å². The molecule has 0 radical (unpaired) electrons. The minimum Gasteiger partial charge on any atom is -0.459 e. The van der Waals surface area contributed by atoms with Gasteiger partial charge in [0.15, 0.2) is 0 Å². The largest absolute Gasteiger partial charge is 0.459 e. The van der Waals surface area contributed by atoms with Gasteiger partial charge >= 0.3 is 5.97 Å². The van der Waals surface area contributed by atoms with Crippen LogP contribution in [0.3, 0.4) is 0 Å². The Morgan fingerprint density at radius 3 is 2.74 bits per heavy atom. The molecule has 0 N–H and O–H groups in total. The molecule has 0 saturated heterocycles. The SMILES string of the molecule is CC(C)(C(=O)OCc1cccs1)c1cccc(Cl)c1. The van der Waals surface area contributed by atoms with E-state index in [1.165, 1.54) is 0 Å². The monoisotopic (exact) mass is 294 g/mol. The summed E-state index contributed by atoms with van der Waals surface area (Å²) in [6.45, 7) is 4.01. The fourth-order valence-corrected chi connectivity index (χ4v) is 2.51. The number of carbonyl (C=O) groups excluding carboxylic acids is 1. The highest BCUT2D eigenvalue weighted by atomic mass is 35.5. The van der Waals surface area contributed by atoms with Crippen LogP contribution < -0.4 is 0 Å². The van der Waals surface area contributed by atoms with Crippen LogP contribution in [-0.2, 0) is 21.6 Å². The molecule has 0 aliphatic heterocycles. The van der Waals surface area contributed by atoms with Gasteiger partial charge in [0.25, 0.3) is 0 Å². The van der Waals surface area contributed by atoms with Crippen molar-refractivity contribution >= 4 is 28.9 Å². The van der Waals surface area contributed by atoms with Crippen LogP contribution in [0.2, 0.25) is 5.02 Å². The number of rotatable bonds is 4. The average Bonchev–Trinajstić information content (AvgIpc) is 2.89. The third kappa shape index (κ3) is 3.37. The summed E-state index contributed by atoms with van der Waals surface area (Å²) in [6.07, 6.45) is 0. The molecule has 0 unspecified atom stereocenters. The van der Waals surface area contributed by atoms with E-state index in [-0.39, 0.29) is 5.97 Å². The van der Waals surface area contributed by atoms with E-state index in [4.69, 9.17) is 16.3 Å². The summed E-state index contributed by atoms with van der Waals surface area (Å²) < 4.78 is 5.37.